The normalized spacial score (nSPS) is 24.9. The molecule has 0 bridgehead atoms. The highest BCUT2D eigenvalue weighted by molar-refractivity contribution is 5.83. The van der Waals surface area contributed by atoms with Gasteiger partial charge in [-0.1, -0.05) is 49.4 Å². The molecule has 3 atom stereocenters. The van der Waals surface area contributed by atoms with E-state index in [1.807, 2.05) is 25.1 Å². The second-order valence-corrected chi connectivity index (χ2v) is 8.60. The number of nitrogens with zero attached hydrogens (tertiary/aromatic N) is 2. The lowest BCUT2D eigenvalue weighted by molar-refractivity contribution is -0.128. The number of halogens is 1. The Hall–Kier alpha value is -3.08. The minimum atomic E-state index is -0.418. The van der Waals surface area contributed by atoms with Crippen LogP contribution in [0.15, 0.2) is 54.6 Å². The monoisotopic (exact) mass is 416 g/mol. The van der Waals surface area contributed by atoms with Crippen LogP contribution in [-0.4, -0.2) is 22.9 Å². The van der Waals surface area contributed by atoms with Gasteiger partial charge in [-0.05, 0) is 42.9 Å². The van der Waals surface area contributed by atoms with Gasteiger partial charge in [0.25, 0.3) is 0 Å². The topological polar surface area (TPSA) is 52.1 Å². The molecule has 158 valence electrons. The molecule has 3 aromatic rings. The quantitative estimate of drug-likeness (QED) is 0.593. The van der Waals surface area contributed by atoms with Gasteiger partial charge < -0.3 is 4.74 Å². The number of hydrogen-bond donors (Lipinski definition) is 0. The van der Waals surface area contributed by atoms with Crippen molar-refractivity contribution in [3.8, 4) is 17.3 Å². The molecule has 1 aromatic heterocycles. The summed E-state index contributed by atoms with van der Waals surface area (Å²) >= 11 is 0. The minimum absolute atomic E-state index is 0.0556. The van der Waals surface area contributed by atoms with Gasteiger partial charge in [-0.25, -0.2) is 9.37 Å². The van der Waals surface area contributed by atoms with Crippen molar-refractivity contribution in [2.45, 2.75) is 38.0 Å². The van der Waals surface area contributed by atoms with Crippen molar-refractivity contribution >= 4 is 5.78 Å². The Morgan fingerprint density at radius 1 is 1.03 bits per heavy atom. The summed E-state index contributed by atoms with van der Waals surface area (Å²) in [6, 6.07) is 16.9. The number of fused-ring (bicyclic) bond motifs is 3. The summed E-state index contributed by atoms with van der Waals surface area (Å²) in [5, 5.41) is 0. The number of aromatic nitrogens is 2. The van der Waals surface area contributed by atoms with Crippen molar-refractivity contribution in [1.29, 1.82) is 0 Å². The van der Waals surface area contributed by atoms with Crippen molar-refractivity contribution in [1.82, 2.24) is 9.97 Å². The van der Waals surface area contributed by atoms with Crippen molar-refractivity contribution in [3.05, 3.63) is 77.2 Å². The number of rotatable bonds is 3. The largest absolute Gasteiger partial charge is 0.481 e. The molecular weight excluding hydrogens is 391 g/mol. The summed E-state index contributed by atoms with van der Waals surface area (Å²) in [5.74, 6) is 0.862. The maximum Gasteiger partial charge on any atom is 0.220 e. The van der Waals surface area contributed by atoms with Gasteiger partial charge in [0.2, 0.25) is 5.88 Å². The van der Waals surface area contributed by atoms with E-state index >= 15 is 0 Å². The van der Waals surface area contributed by atoms with E-state index in [4.69, 9.17) is 9.72 Å². The van der Waals surface area contributed by atoms with Crippen LogP contribution in [0.25, 0.3) is 11.4 Å². The number of hydrogen-bond acceptors (Lipinski definition) is 4. The van der Waals surface area contributed by atoms with Crippen LogP contribution in [0.2, 0.25) is 0 Å². The maximum atomic E-state index is 14.6. The molecule has 0 N–H and O–H groups in total. The minimum Gasteiger partial charge on any atom is -0.481 e. The Morgan fingerprint density at radius 3 is 2.52 bits per heavy atom. The molecule has 31 heavy (non-hydrogen) atoms. The zero-order valence-electron chi connectivity index (χ0n) is 17.8. The predicted molar refractivity (Wildman–Crippen MR) is 116 cm³/mol. The highest BCUT2D eigenvalue weighted by Gasteiger charge is 2.53. The van der Waals surface area contributed by atoms with Crippen LogP contribution >= 0.6 is 0 Å². The predicted octanol–water partition coefficient (Wildman–Crippen LogP) is 5.14. The molecule has 0 radical (unpaired) electrons. The molecule has 1 heterocycles. The van der Waals surface area contributed by atoms with Crippen molar-refractivity contribution in [2.75, 3.05) is 7.11 Å². The zero-order valence-corrected chi connectivity index (χ0v) is 17.8. The van der Waals surface area contributed by atoms with Crippen molar-refractivity contribution < 1.29 is 13.9 Å². The van der Waals surface area contributed by atoms with Gasteiger partial charge in [-0.15, -0.1) is 0 Å². The van der Waals surface area contributed by atoms with Crippen LogP contribution in [-0.2, 0) is 16.6 Å². The number of Topliss-reactive ketones (excluding diaryl/α,β-unsaturated/α-hetero) is 1. The van der Waals surface area contributed by atoms with E-state index in [-0.39, 0.29) is 17.7 Å². The smallest absolute Gasteiger partial charge is 0.220 e. The lowest BCUT2D eigenvalue weighted by Crippen LogP contribution is -2.50. The van der Waals surface area contributed by atoms with Gasteiger partial charge in [0.15, 0.2) is 5.82 Å². The van der Waals surface area contributed by atoms with Crippen molar-refractivity contribution in [3.63, 3.8) is 0 Å². The van der Waals surface area contributed by atoms with Crippen LogP contribution < -0.4 is 4.74 Å². The van der Waals surface area contributed by atoms with E-state index in [9.17, 15) is 9.18 Å². The first-order chi connectivity index (χ1) is 15.1. The van der Waals surface area contributed by atoms with Crippen LogP contribution in [0, 0.1) is 17.7 Å². The molecule has 0 amide bonds. The molecule has 0 spiro atoms. The maximum absolute atomic E-state index is 14.6. The summed E-state index contributed by atoms with van der Waals surface area (Å²) in [6.45, 7) is 2.05. The lowest BCUT2D eigenvalue weighted by atomic mass is 9.53. The molecule has 5 rings (SSSR count). The first kappa shape index (κ1) is 19.9. The highest BCUT2D eigenvalue weighted by Crippen LogP contribution is 2.55. The van der Waals surface area contributed by atoms with Crippen LogP contribution in [0.5, 0.6) is 5.88 Å². The fraction of sp³-hybridized carbons (Fsp3) is 0.346. The molecule has 5 heteroatoms. The Kier molecular flexibility index (Phi) is 4.84. The second kappa shape index (κ2) is 7.56. The molecule has 2 aliphatic carbocycles. The number of ether oxygens (including phenoxy) is 1. The van der Waals surface area contributed by atoms with E-state index in [1.54, 1.807) is 25.3 Å². The lowest BCUT2D eigenvalue weighted by Gasteiger charge is -2.50. The van der Waals surface area contributed by atoms with Crippen LogP contribution in [0.1, 0.15) is 43.0 Å². The van der Waals surface area contributed by atoms with E-state index in [1.165, 1.54) is 6.07 Å². The summed E-state index contributed by atoms with van der Waals surface area (Å²) < 4.78 is 20.3. The molecule has 0 aliphatic heterocycles. The molecule has 4 nitrogen and oxygen atoms in total. The van der Waals surface area contributed by atoms with Crippen molar-refractivity contribution in [2.24, 2.45) is 11.8 Å². The molecule has 2 aromatic carbocycles. The van der Waals surface area contributed by atoms with Gasteiger partial charge in [0.1, 0.15) is 11.6 Å². The molecular formula is C26H25FN2O2. The summed E-state index contributed by atoms with van der Waals surface area (Å²) in [4.78, 5) is 22.3. The number of carbonyl (C=O) groups excluding carboxylic acids is 1. The van der Waals surface area contributed by atoms with Crippen LogP contribution in [0.3, 0.4) is 0 Å². The second-order valence-electron chi connectivity index (χ2n) is 8.60. The first-order valence-corrected chi connectivity index (χ1v) is 10.8. The fourth-order valence-electron chi connectivity index (χ4n) is 5.70. The fourth-order valence-corrected chi connectivity index (χ4v) is 5.70. The number of benzene rings is 2. The summed E-state index contributed by atoms with van der Waals surface area (Å²) in [5.41, 5.74) is 2.95. The van der Waals surface area contributed by atoms with Gasteiger partial charge >= 0.3 is 0 Å². The van der Waals surface area contributed by atoms with Gasteiger partial charge in [0, 0.05) is 23.3 Å². The molecule has 2 aliphatic rings. The third-order valence-corrected chi connectivity index (χ3v) is 7.20. The molecule has 0 saturated heterocycles. The van der Waals surface area contributed by atoms with E-state index < -0.39 is 5.41 Å². The summed E-state index contributed by atoms with van der Waals surface area (Å²) in [7, 11) is 1.60. The van der Waals surface area contributed by atoms with E-state index in [0.717, 1.165) is 29.7 Å². The third kappa shape index (κ3) is 2.98. The molecule has 1 fully saturated rings. The standard InChI is InChI=1S/C26H25FN2O2/c1-16-20-13-12-19-23(26(20,15-14-22(16)30)17-8-4-3-5-9-17)28-24(29-25(19)31-2)18-10-6-7-11-21(18)27/h3-11,16,20H,12-15H2,1-2H3/t16-,20-,26+/m0/s1. The Bertz CT molecular complexity index is 1150. The van der Waals surface area contributed by atoms with E-state index in [0.29, 0.717) is 35.9 Å². The summed E-state index contributed by atoms with van der Waals surface area (Å²) in [6.07, 6.45) is 2.81. The van der Waals surface area contributed by atoms with Gasteiger partial charge in [-0.2, -0.15) is 4.98 Å². The Balaban J connectivity index is 1.81. The number of methoxy groups -OCH3 is 1. The SMILES string of the molecule is COc1nc(-c2ccccc2F)nc2c1CC[C@H]1[C@H](C)C(=O)CC[C@]21c1ccccc1. The number of ketones is 1. The number of carbonyl (C=O) groups is 1. The molecule has 0 unspecified atom stereocenters. The highest BCUT2D eigenvalue weighted by atomic mass is 19.1. The van der Waals surface area contributed by atoms with Crippen LogP contribution in [0.4, 0.5) is 4.39 Å². The Labute approximate surface area is 181 Å². The Morgan fingerprint density at radius 2 is 1.77 bits per heavy atom. The van der Waals surface area contributed by atoms with Gasteiger partial charge in [-0.3, -0.25) is 4.79 Å². The van der Waals surface area contributed by atoms with Gasteiger partial charge in [0.05, 0.1) is 18.4 Å². The average Bonchev–Trinajstić information content (AvgIpc) is 2.81. The zero-order chi connectivity index (χ0) is 21.6. The first-order valence-electron chi connectivity index (χ1n) is 10.8. The average molecular weight is 416 g/mol. The third-order valence-electron chi connectivity index (χ3n) is 7.20. The molecule has 1 saturated carbocycles. The van der Waals surface area contributed by atoms with E-state index in [2.05, 4.69) is 17.1 Å².